The van der Waals surface area contributed by atoms with Gasteiger partial charge in [-0.25, -0.2) is 0 Å². The fourth-order valence-corrected chi connectivity index (χ4v) is 3.41. The highest BCUT2D eigenvalue weighted by Gasteiger charge is 2.29. The molecule has 1 saturated heterocycles. The molecule has 1 heterocycles. The SMILES string of the molecule is CC1CNC(C)(CCc2ccc(OC(F)F)cc2)SC1. The van der Waals surface area contributed by atoms with Crippen molar-refractivity contribution in [1.29, 1.82) is 0 Å². The summed E-state index contributed by atoms with van der Waals surface area (Å²) in [5, 5.41) is 3.59. The molecule has 0 amide bonds. The molecule has 1 aliphatic rings. The highest BCUT2D eigenvalue weighted by molar-refractivity contribution is 8.00. The summed E-state index contributed by atoms with van der Waals surface area (Å²) in [7, 11) is 0. The van der Waals surface area contributed by atoms with E-state index >= 15 is 0 Å². The summed E-state index contributed by atoms with van der Waals surface area (Å²) < 4.78 is 28.5. The Morgan fingerprint density at radius 3 is 2.65 bits per heavy atom. The van der Waals surface area contributed by atoms with Gasteiger partial charge in [-0.3, -0.25) is 0 Å². The Hall–Kier alpha value is -0.810. The van der Waals surface area contributed by atoms with Gasteiger partial charge in [-0.15, -0.1) is 11.8 Å². The van der Waals surface area contributed by atoms with Crippen LogP contribution in [0, 0.1) is 5.92 Å². The second kappa shape index (κ2) is 6.76. The van der Waals surface area contributed by atoms with E-state index in [4.69, 9.17) is 0 Å². The monoisotopic (exact) mass is 301 g/mol. The third kappa shape index (κ3) is 4.63. The van der Waals surface area contributed by atoms with Crippen molar-refractivity contribution in [2.75, 3.05) is 12.3 Å². The van der Waals surface area contributed by atoms with Crippen LogP contribution in [0.2, 0.25) is 0 Å². The van der Waals surface area contributed by atoms with Crippen molar-refractivity contribution in [3.63, 3.8) is 0 Å². The van der Waals surface area contributed by atoms with Crippen LogP contribution in [0.5, 0.6) is 5.75 Å². The number of benzene rings is 1. The number of aryl methyl sites for hydroxylation is 1. The van der Waals surface area contributed by atoms with Crippen molar-refractivity contribution in [2.24, 2.45) is 5.92 Å². The number of nitrogens with one attached hydrogen (secondary N) is 1. The molecule has 0 aliphatic carbocycles. The first kappa shape index (κ1) is 15.6. The Morgan fingerprint density at radius 2 is 2.10 bits per heavy atom. The Morgan fingerprint density at radius 1 is 1.40 bits per heavy atom. The van der Waals surface area contributed by atoms with Crippen molar-refractivity contribution < 1.29 is 13.5 Å². The van der Waals surface area contributed by atoms with Gasteiger partial charge in [0.2, 0.25) is 0 Å². The standard InChI is InChI=1S/C15H21F2NOS/c1-11-9-18-15(2,20-10-11)8-7-12-3-5-13(6-4-12)19-14(16)17/h3-6,11,14,18H,7-10H2,1-2H3. The van der Waals surface area contributed by atoms with Crippen LogP contribution in [0.25, 0.3) is 0 Å². The summed E-state index contributed by atoms with van der Waals surface area (Å²) in [6.45, 7) is 2.79. The molecule has 1 aliphatic heterocycles. The van der Waals surface area contributed by atoms with E-state index in [1.807, 2.05) is 23.9 Å². The molecule has 0 saturated carbocycles. The average Bonchev–Trinajstić information content (AvgIpc) is 2.41. The van der Waals surface area contributed by atoms with Crippen LogP contribution >= 0.6 is 11.8 Å². The molecule has 5 heteroatoms. The van der Waals surface area contributed by atoms with Gasteiger partial charge in [0.25, 0.3) is 0 Å². The minimum absolute atomic E-state index is 0.116. The fourth-order valence-electron chi connectivity index (χ4n) is 2.21. The first-order valence-electron chi connectivity index (χ1n) is 6.89. The van der Waals surface area contributed by atoms with Crippen LogP contribution in [0.4, 0.5) is 8.78 Å². The second-order valence-electron chi connectivity index (χ2n) is 5.55. The topological polar surface area (TPSA) is 21.3 Å². The maximum Gasteiger partial charge on any atom is 0.387 e. The lowest BCUT2D eigenvalue weighted by molar-refractivity contribution is -0.0498. The molecule has 0 radical (unpaired) electrons. The Kier molecular flexibility index (Phi) is 5.27. The predicted molar refractivity (Wildman–Crippen MR) is 79.4 cm³/mol. The molecular formula is C15H21F2NOS. The first-order valence-corrected chi connectivity index (χ1v) is 7.88. The highest BCUT2D eigenvalue weighted by Crippen LogP contribution is 2.32. The molecule has 2 atom stereocenters. The van der Waals surface area contributed by atoms with Crippen molar-refractivity contribution in [3.8, 4) is 5.75 Å². The van der Waals surface area contributed by atoms with Crippen molar-refractivity contribution in [3.05, 3.63) is 29.8 Å². The van der Waals surface area contributed by atoms with Crippen LogP contribution in [0.3, 0.4) is 0 Å². The summed E-state index contributed by atoms with van der Waals surface area (Å²) in [5.41, 5.74) is 1.15. The third-order valence-electron chi connectivity index (χ3n) is 3.55. The molecule has 0 spiro atoms. The van der Waals surface area contributed by atoms with E-state index in [2.05, 4.69) is 23.9 Å². The number of ether oxygens (including phenoxy) is 1. The molecule has 2 nitrogen and oxygen atoms in total. The van der Waals surface area contributed by atoms with Gasteiger partial charge in [0, 0.05) is 0 Å². The molecule has 1 aromatic carbocycles. The van der Waals surface area contributed by atoms with E-state index < -0.39 is 6.61 Å². The summed E-state index contributed by atoms with van der Waals surface area (Å²) in [6, 6.07) is 6.93. The summed E-state index contributed by atoms with van der Waals surface area (Å²) in [6.07, 6.45) is 1.96. The van der Waals surface area contributed by atoms with E-state index in [0.29, 0.717) is 0 Å². The zero-order valence-electron chi connectivity index (χ0n) is 11.9. The van der Waals surface area contributed by atoms with Gasteiger partial charge >= 0.3 is 6.61 Å². The van der Waals surface area contributed by atoms with E-state index in [-0.39, 0.29) is 10.6 Å². The van der Waals surface area contributed by atoms with Gasteiger partial charge in [0.05, 0.1) is 4.87 Å². The third-order valence-corrected chi connectivity index (χ3v) is 5.27. The summed E-state index contributed by atoms with van der Waals surface area (Å²) in [4.78, 5) is 0.116. The zero-order chi connectivity index (χ0) is 14.6. The number of hydrogen-bond donors (Lipinski definition) is 1. The van der Waals surface area contributed by atoms with Crippen LogP contribution in [0.1, 0.15) is 25.8 Å². The fraction of sp³-hybridized carbons (Fsp3) is 0.600. The predicted octanol–water partition coefficient (Wildman–Crippen LogP) is 3.91. The van der Waals surface area contributed by atoms with E-state index in [1.165, 1.54) is 5.75 Å². The molecule has 0 bridgehead atoms. The average molecular weight is 301 g/mol. The zero-order valence-corrected chi connectivity index (χ0v) is 12.7. The Balaban J connectivity index is 1.84. The first-order chi connectivity index (χ1) is 9.47. The summed E-state index contributed by atoms with van der Waals surface area (Å²) in [5.74, 6) is 2.12. The molecule has 1 fully saturated rings. The van der Waals surface area contributed by atoms with E-state index in [9.17, 15) is 8.78 Å². The van der Waals surface area contributed by atoms with Crippen molar-refractivity contribution >= 4 is 11.8 Å². The number of alkyl halides is 2. The van der Waals surface area contributed by atoms with Crippen LogP contribution in [0.15, 0.2) is 24.3 Å². The van der Waals surface area contributed by atoms with Gasteiger partial charge in [-0.2, -0.15) is 8.78 Å². The second-order valence-corrected chi connectivity index (χ2v) is 7.07. The minimum Gasteiger partial charge on any atom is -0.435 e. The molecule has 0 aromatic heterocycles. The molecule has 1 N–H and O–H groups in total. The van der Waals surface area contributed by atoms with Gasteiger partial charge < -0.3 is 10.1 Å². The maximum atomic E-state index is 12.1. The Labute approximate surface area is 123 Å². The largest absolute Gasteiger partial charge is 0.435 e. The number of rotatable bonds is 5. The van der Waals surface area contributed by atoms with E-state index in [1.54, 1.807) is 12.1 Å². The van der Waals surface area contributed by atoms with Crippen molar-refractivity contribution in [1.82, 2.24) is 5.32 Å². The van der Waals surface area contributed by atoms with Gasteiger partial charge in [-0.05, 0) is 55.7 Å². The molecular weight excluding hydrogens is 280 g/mol. The number of halogens is 2. The van der Waals surface area contributed by atoms with Crippen LogP contribution < -0.4 is 10.1 Å². The molecule has 2 unspecified atom stereocenters. The maximum absolute atomic E-state index is 12.1. The molecule has 1 aromatic rings. The quantitative estimate of drug-likeness (QED) is 0.891. The lowest BCUT2D eigenvalue weighted by atomic mass is 10.0. The molecule has 20 heavy (non-hydrogen) atoms. The number of thioether (sulfide) groups is 1. The van der Waals surface area contributed by atoms with E-state index in [0.717, 1.165) is 30.9 Å². The summed E-state index contributed by atoms with van der Waals surface area (Å²) >= 11 is 1.97. The van der Waals surface area contributed by atoms with Gasteiger partial charge in [-0.1, -0.05) is 19.1 Å². The smallest absolute Gasteiger partial charge is 0.387 e. The minimum atomic E-state index is -2.76. The lowest BCUT2D eigenvalue weighted by Gasteiger charge is -2.37. The number of hydrogen-bond acceptors (Lipinski definition) is 3. The Bertz CT molecular complexity index is 416. The molecule has 2 rings (SSSR count). The normalized spacial score (nSPS) is 26.8. The van der Waals surface area contributed by atoms with Crippen LogP contribution in [-0.4, -0.2) is 23.8 Å². The lowest BCUT2D eigenvalue weighted by Crippen LogP contribution is -2.46. The van der Waals surface area contributed by atoms with Gasteiger partial charge in [0.1, 0.15) is 5.75 Å². The van der Waals surface area contributed by atoms with Gasteiger partial charge in [0.15, 0.2) is 0 Å². The highest BCUT2D eigenvalue weighted by atomic mass is 32.2. The molecule has 112 valence electrons. The van der Waals surface area contributed by atoms with Crippen molar-refractivity contribution in [2.45, 2.75) is 38.2 Å². The van der Waals surface area contributed by atoms with Crippen LogP contribution in [-0.2, 0) is 6.42 Å².